The Bertz CT molecular complexity index is 1640. The minimum Gasteiger partial charge on any atom is -0.394 e. The van der Waals surface area contributed by atoms with Gasteiger partial charge in [0.25, 0.3) is 5.56 Å². The van der Waals surface area contributed by atoms with Gasteiger partial charge < -0.3 is 26.1 Å². The number of rotatable bonds is 10. The molecule has 9 nitrogen and oxygen atoms in total. The van der Waals surface area contributed by atoms with Gasteiger partial charge in [-0.3, -0.25) is 14.8 Å². The zero-order valence-corrected chi connectivity index (χ0v) is 21.7. The van der Waals surface area contributed by atoms with E-state index in [9.17, 15) is 9.90 Å². The lowest BCUT2D eigenvalue weighted by Gasteiger charge is -2.19. The molecule has 0 bridgehead atoms. The van der Waals surface area contributed by atoms with Crippen LogP contribution in [-0.4, -0.2) is 50.1 Å². The number of hydrogen-bond acceptors (Lipinski definition) is 6. The van der Waals surface area contributed by atoms with Crippen LogP contribution in [0.5, 0.6) is 0 Å². The van der Waals surface area contributed by atoms with Crippen LogP contribution >= 0.6 is 0 Å². The van der Waals surface area contributed by atoms with Crippen molar-refractivity contribution >= 4 is 22.6 Å². The summed E-state index contributed by atoms with van der Waals surface area (Å²) in [6.45, 7) is 2.41. The number of hydrogen-bond donors (Lipinski definition) is 5. The number of aryl methyl sites for hydroxylation is 1. The van der Waals surface area contributed by atoms with Crippen LogP contribution in [0.1, 0.15) is 22.3 Å². The SMILES string of the molecule is Cc1cc(C(N)=NCCc2cccnc2)cc2[nH]c(-c3c(N[C@H](CO)Cc4ccccc4)cc[nH]c3=O)nc12. The summed E-state index contributed by atoms with van der Waals surface area (Å²) in [6, 6.07) is 19.2. The fourth-order valence-corrected chi connectivity index (χ4v) is 4.61. The molecule has 0 aliphatic carbocycles. The third kappa shape index (κ3) is 6.05. The fourth-order valence-electron chi connectivity index (χ4n) is 4.61. The van der Waals surface area contributed by atoms with E-state index in [4.69, 9.17) is 10.7 Å². The molecule has 9 heteroatoms. The van der Waals surface area contributed by atoms with Crippen LogP contribution in [-0.2, 0) is 12.8 Å². The monoisotopic (exact) mass is 521 g/mol. The molecule has 5 rings (SSSR count). The van der Waals surface area contributed by atoms with Crippen molar-refractivity contribution in [1.29, 1.82) is 0 Å². The van der Waals surface area contributed by atoms with Crippen LogP contribution in [0.2, 0.25) is 0 Å². The molecule has 0 unspecified atom stereocenters. The van der Waals surface area contributed by atoms with E-state index in [0.29, 0.717) is 35.9 Å². The van der Waals surface area contributed by atoms with Crippen molar-refractivity contribution in [2.45, 2.75) is 25.8 Å². The highest BCUT2D eigenvalue weighted by molar-refractivity contribution is 6.01. The number of fused-ring (bicyclic) bond motifs is 1. The van der Waals surface area contributed by atoms with Gasteiger partial charge in [-0.25, -0.2) is 4.98 Å². The number of imidazole rings is 1. The van der Waals surface area contributed by atoms with Gasteiger partial charge in [-0.05, 0) is 60.7 Å². The molecule has 0 spiro atoms. The summed E-state index contributed by atoms with van der Waals surface area (Å²) in [7, 11) is 0. The van der Waals surface area contributed by atoms with Gasteiger partial charge in [0.2, 0.25) is 0 Å². The maximum Gasteiger partial charge on any atom is 0.261 e. The highest BCUT2D eigenvalue weighted by Gasteiger charge is 2.18. The van der Waals surface area contributed by atoms with Crippen LogP contribution in [0.15, 0.2) is 89.0 Å². The number of H-pyrrole nitrogens is 2. The van der Waals surface area contributed by atoms with E-state index in [2.05, 4.69) is 25.3 Å². The molecular weight excluding hydrogens is 490 g/mol. The molecule has 6 N–H and O–H groups in total. The van der Waals surface area contributed by atoms with Crippen molar-refractivity contribution in [2.75, 3.05) is 18.5 Å². The molecule has 0 fully saturated rings. The number of aliphatic imine (C=N–C) groups is 1. The lowest BCUT2D eigenvalue weighted by atomic mass is 10.1. The van der Waals surface area contributed by atoms with Crippen molar-refractivity contribution < 1.29 is 5.11 Å². The number of aliphatic hydroxyl groups excluding tert-OH is 1. The Morgan fingerprint density at radius 2 is 1.95 bits per heavy atom. The van der Waals surface area contributed by atoms with Gasteiger partial charge in [0.05, 0.1) is 29.4 Å². The molecule has 5 aromatic rings. The summed E-state index contributed by atoms with van der Waals surface area (Å²) in [6.07, 6.45) is 6.50. The number of aromatic amines is 2. The standard InChI is InChI=1S/C30H31N7O2/c1-19-14-22(28(31)33-12-9-21-8-5-11-32-17-21)16-25-27(19)37-29(36-25)26-24(10-13-34-30(26)39)35-23(18-38)15-20-6-3-2-4-7-20/h2-8,10-11,13-14,16-17,23,38H,9,12,15,18H2,1H3,(H2,31,33)(H,36,37)(H2,34,35,39)/t23-/m0/s1. The van der Waals surface area contributed by atoms with E-state index in [-0.39, 0.29) is 18.2 Å². The van der Waals surface area contributed by atoms with Crippen molar-refractivity contribution in [1.82, 2.24) is 19.9 Å². The molecule has 3 heterocycles. The summed E-state index contributed by atoms with van der Waals surface area (Å²) < 4.78 is 0. The number of nitrogens with zero attached hydrogens (tertiary/aromatic N) is 3. The minimum atomic E-state index is -0.287. The summed E-state index contributed by atoms with van der Waals surface area (Å²) in [5.74, 6) is 0.866. The first kappa shape index (κ1) is 25.9. The van der Waals surface area contributed by atoms with E-state index in [0.717, 1.165) is 39.7 Å². The van der Waals surface area contributed by atoms with Crippen LogP contribution in [0.25, 0.3) is 22.4 Å². The molecule has 0 aliphatic heterocycles. The van der Waals surface area contributed by atoms with Crippen LogP contribution in [0.3, 0.4) is 0 Å². The summed E-state index contributed by atoms with van der Waals surface area (Å²) in [5.41, 5.74) is 12.4. The predicted octanol–water partition coefficient (Wildman–Crippen LogP) is 3.59. The molecule has 1 atom stereocenters. The largest absolute Gasteiger partial charge is 0.394 e. The number of anilines is 1. The maximum atomic E-state index is 13.0. The van der Waals surface area contributed by atoms with Gasteiger partial charge in [0.15, 0.2) is 0 Å². The number of aromatic nitrogens is 4. The van der Waals surface area contributed by atoms with Gasteiger partial charge in [-0.15, -0.1) is 0 Å². The number of benzene rings is 2. The van der Waals surface area contributed by atoms with E-state index in [1.54, 1.807) is 18.5 Å². The highest BCUT2D eigenvalue weighted by Crippen LogP contribution is 2.27. The molecule has 0 aliphatic rings. The zero-order valence-electron chi connectivity index (χ0n) is 21.7. The molecule has 2 aromatic carbocycles. The van der Waals surface area contributed by atoms with Crippen LogP contribution < -0.4 is 16.6 Å². The maximum absolute atomic E-state index is 13.0. The predicted molar refractivity (Wildman–Crippen MR) is 155 cm³/mol. The summed E-state index contributed by atoms with van der Waals surface area (Å²) in [5, 5.41) is 13.4. The number of pyridine rings is 2. The van der Waals surface area contributed by atoms with Gasteiger partial charge in [-0.2, -0.15) is 0 Å². The molecule has 0 radical (unpaired) electrons. The summed E-state index contributed by atoms with van der Waals surface area (Å²) in [4.78, 5) is 32.5. The van der Waals surface area contributed by atoms with Crippen molar-refractivity contribution in [3.63, 3.8) is 0 Å². The number of nitrogens with one attached hydrogen (secondary N) is 3. The highest BCUT2D eigenvalue weighted by atomic mass is 16.3. The molecular formula is C30H31N7O2. The third-order valence-electron chi connectivity index (χ3n) is 6.58. The minimum absolute atomic E-state index is 0.0941. The number of aliphatic hydroxyl groups is 1. The third-order valence-corrected chi connectivity index (χ3v) is 6.58. The van der Waals surface area contributed by atoms with E-state index >= 15 is 0 Å². The molecule has 3 aromatic heterocycles. The Morgan fingerprint density at radius 3 is 2.72 bits per heavy atom. The van der Waals surface area contributed by atoms with E-state index < -0.39 is 0 Å². The topological polar surface area (TPSA) is 145 Å². The lowest BCUT2D eigenvalue weighted by Crippen LogP contribution is -2.28. The average molecular weight is 522 g/mol. The second-order valence-corrected chi connectivity index (χ2v) is 9.46. The van der Waals surface area contributed by atoms with Crippen molar-refractivity contribution in [3.05, 3.63) is 112 Å². The molecule has 39 heavy (non-hydrogen) atoms. The molecule has 0 amide bonds. The Hall–Kier alpha value is -4.76. The van der Waals surface area contributed by atoms with E-state index in [1.807, 2.05) is 67.7 Å². The smallest absolute Gasteiger partial charge is 0.261 e. The van der Waals surface area contributed by atoms with Crippen molar-refractivity contribution in [2.24, 2.45) is 10.7 Å². The molecule has 198 valence electrons. The first-order valence-corrected chi connectivity index (χ1v) is 12.8. The summed E-state index contributed by atoms with van der Waals surface area (Å²) >= 11 is 0. The Labute approximate surface area is 225 Å². The first-order valence-electron chi connectivity index (χ1n) is 12.8. The normalized spacial score (nSPS) is 12.5. The Kier molecular flexibility index (Phi) is 7.79. The van der Waals surface area contributed by atoms with E-state index in [1.165, 1.54) is 0 Å². The zero-order chi connectivity index (χ0) is 27.2. The first-order chi connectivity index (χ1) is 19.0. The number of nitrogens with two attached hydrogens (primary N) is 1. The molecule has 0 saturated carbocycles. The fraction of sp³-hybridized carbons (Fsp3) is 0.200. The Balaban J connectivity index is 1.42. The lowest BCUT2D eigenvalue weighted by molar-refractivity contribution is 0.274. The van der Waals surface area contributed by atoms with Crippen molar-refractivity contribution in [3.8, 4) is 11.4 Å². The average Bonchev–Trinajstić information content (AvgIpc) is 3.38. The van der Waals surface area contributed by atoms with Gasteiger partial charge in [0, 0.05) is 30.7 Å². The van der Waals surface area contributed by atoms with Crippen LogP contribution in [0, 0.1) is 6.92 Å². The quantitative estimate of drug-likeness (QED) is 0.140. The second kappa shape index (κ2) is 11.7. The number of amidine groups is 1. The second-order valence-electron chi connectivity index (χ2n) is 9.46. The van der Waals surface area contributed by atoms with Gasteiger partial charge >= 0.3 is 0 Å². The molecule has 0 saturated heterocycles. The van der Waals surface area contributed by atoms with Crippen LogP contribution in [0.4, 0.5) is 5.69 Å². The van der Waals surface area contributed by atoms with Gasteiger partial charge in [-0.1, -0.05) is 36.4 Å². The Morgan fingerprint density at radius 1 is 1.13 bits per heavy atom. The van der Waals surface area contributed by atoms with Gasteiger partial charge in [0.1, 0.15) is 17.2 Å².